The Morgan fingerprint density at radius 2 is 1.61 bits per heavy atom. The Balaban J connectivity index is 2.23. The number of aliphatic imine (C=N–C) groups is 1. The summed E-state index contributed by atoms with van der Waals surface area (Å²) in [6.45, 7) is 2.04. The molecule has 2 nitrogen and oxygen atoms in total. The molecule has 0 aliphatic rings. The van der Waals surface area contributed by atoms with Crippen LogP contribution in [-0.4, -0.2) is 12.3 Å². The van der Waals surface area contributed by atoms with Gasteiger partial charge in [0.15, 0.2) is 0 Å². The molecule has 2 aromatic carbocycles. The summed E-state index contributed by atoms with van der Waals surface area (Å²) in [5.74, 6) is 0.804. The smallest absolute Gasteiger partial charge is 0.136 e. The van der Waals surface area contributed by atoms with Crippen LogP contribution in [0.15, 0.2) is 53.5 Å². The lowest BCUT2D eigenvalue weighted by Gasteiger charge is -2.02. The van der Waals surface area contributed by atoms with Crippen molar-refractivity contribution in [3.63, 3.8) is 0 Å². The Morgan fingerprint density at radius 1 is 1.00 bits per heavy atom. The fourth-order valence-electron chi connectivity index (χ4n) is 1.53. The molecule has 0 saturated carbocycles. The van der Waals surface area contributed by atoms with Crippen molar-refractivity contribution in [3.8, 4) is 5.75 Å². The van der Waals surface area contributed by atoms with E-state index in [0.717, 1.165) is 17.0 Å². The van der Waals surface area contributed by atoms with Gasteiger partial charge < -0.3 is 4.74 Å². The maximum absolute atomic E-state index is 6.19. The first-order valence-electron chi connectivity index (χ1n) is 5.64. The second-order valence-electron chi connectivity index (χ2n) is 3.97. The van der Waals surface area contributed by atoms with Crippen molar-refractivity contribution < 1.29 is 4.74 Å². The first-order chi connectivity index (χ1) is 8.69. The minimum absolute atomic E-state index is 0.474. The molecular weight excluding hydrogens is 246 g/mol. The third-order valence-electron chi connectivity index (χ3n) is 2.59. The van der Waals surface area contributed by atoms with E-state index in [0.29, 0.717) is 5.17 Å². The molecule has 0 aromatic heterocycles. The Morgan fingerprint density at radius 3 is 2.17 bits per heavy atom. The van der Waals surface area contributed by atoms with E-state index in [9.17, 15) is 0 Å². The highest BCUT2D eigenvalue weighted by atomic mass is 35.5. The summed E-state index contributed by atoms with van der Waals surface area (Å²) in [7, 11) is 1.64. The predicted molar refractivity (Wildman–Crippen MR) is 76.2 cm³/mol. The second kappa shape index (κ2) is 5.69. The first-order valence-corrected chi connectivity index (χ1v) is 6.02. The summed E-state index contributed by atoms with van der Waals surface area (Å²) in [6.07, 6.45) is 0. The minimum Gasteiger partial charge on any atom is -0.497 e. The zero-order valence-electron chi connectivity index (χ0n) is 10.4. The Hall–Kier alpha value is -1.80. The molecule has 0 N–H and O–H groups in total. The van der Waals surface area contributed by atoms with Crippen molar-refractivity contribution in [1.82, 2.24) is 0 Å². The zero-order chi connectivity index (χ0) is 13.0. The summed E-state index contributed by atoms with van der Waals surface area (Å²) in [5.41, 5.74) is 2.92. The number of nitrogens with zero attached hydrogens (tertiary/aromatic N) is 1. The highest BCUT2D eigenvalue weighted by Crippen LogP contribution is 2.18. The van der Waals surface area contributed by atoms with E-state index in [-0.39, 0.29) is 0 Å². The van der Waals surface area contributed by atoms with Gasteiger partial charge in [0, 0.05) is 5.56 Å². The molecule has 0 saturated heterocycles. The van der Waals surface area contributed by atoms with Crippen molar-refractivity contribution in [2.75, 3.05) is 7.11 Å². The van der Waals surface area contributed by atoms with Crippen molar-refractivity contribution in [2.45, 2.75) is 6.92 Å². The third-order valence-corrected chi connectivity index (χ3v) is 2.89. The third kappa shape index (κ3) is 3.11. The average Bonchev–Trinajstić information content (AvgIpc) is 2.41. The standard InChI is InChI=1S/C15H14ClNO/c1-11-3-7-13(8-4-11)17-15(16)12-5-9-14(18-2)10-6-12/h3-10H,1-2H3. The summed E-state index contributed by atoms with van der Waals surface area (Å²) in [6, 6.07) is 15.4. The SMILES string of the molecule is COc1ccc(C(Cl)=Nc2ccc(C)cc2)cc1. The fourth-order valence-corrected chi connectivity index (χ4v) is 1.75. The quantitative estimate of drug-likeness (QED) is 0.752. The molecule has 2 aromatic rings. The highest BCUT2D eigenvalue weighted by Gasteiger charge is 2.00. The molecule has 0 aliphatic heterocycles. The maximum atomic E-state index is 6.19. The number of ether oxygens (including phenoxy) is 1. The normalized spacial score (nSPS) is 11.4. The molecule has 18 heavy (non-hydrogen) atoms. The van der Waals surface area contributed by atoms with Crippen molar-refractivity contribution >= 4 is 22.5 Å². The fraction of sp³-hybridized carbons (Fsp3) is 0.133. The molecule has 0 fully saturated rings. The molecular formula is C15H14ClNO. The molecule has 92 valence electrons. The van der Waals surface area contributed by atoms with Gasteiger partial charge in [0.1, 0.15) is 10.9 Å². The van der Waals surface area contributed by atoms with Crippen LogP contribution in [0.1, 0.15) is 11.1 Å². The molecule has 0 amide bonds. The second-order valence-corrected chi connectivity index (χ2v) is 4.32. The lowest BCUT2D eigenvalue weighted by atomic mass is 10.2. The number of hydrogen-bond donors (Lipinski definition) is 0. The van der Waals surface area contributed by atoms with Gasteiger partial charge in [-0.15, -0.1) is 0 Å². The van der Waals surface area contributed by atoms with Gasteiger partial charge in [-0.25, -0.2) is 4.99 Å². The molecule has 0 spiro atoms. The van der Waals surface area contributed by atoms with Gasteiger partial charge in [-0.3, -0.25) is 0 Å². The number of hydrogen-bond acceptors (Lipinski definition) is 2. The molecule has 0 bridgehead atoms. The topological polar surface area (TPSA) is 21.6 Å². The number of aryl methyl sites for hydroxylation is 1. The minimum atomic E-state index is 0.474. The van der Waals surface area contributed by atoms with Crippen molar-refractivity contribution in [3.05, 3.63) is 59.7 Å². The van der Waals surface area contributed by atoms with E-state index in [1.54, 1.807) is 7.11 Å². The van der Waals surface area contributed by atoms with Crippen LogP contribution < -0.4 is 4.74 Å². The lowest BCUT2D eigenvalue weighted by molar-refractivity contribution is 0.415. The van der Waals surface area contributed by atoms with Crippen LogP contribution in [-0.2, 0) is 0 Å². The van der Waals surface area contributed by atoms with Gasteiger partial charge in [-0.2, -0.15) is 0 Å². The predicted octanol–water partition coefficient (Wildman–Crippen LogP) is 4.32. The van der Waals surface area contributed by atoms with E-state index < -0.39 is 0 Å². The monoisotopic (exact) mass is 259 g/mol. The van der Waals surface area contributed by atoms with Crippen molar-refractivity contribution in [2.24, 2.45) is 4.99 Å². The van der Waals surface area contributed by atoms with Crippen LogP contribution in [0.2, 0.25) is 0 Å². The molecule has 0 heterocycles. The van der Waals surface area contributed by atoms with Crippen LogP contribution in [0.3, 0.4) is 0 Å². The number of rotatable bonds is 3. The highest BCUT2D eigenvalue weighted by molar-refractivity contribution is 6.69. The molecule has 0 unspecified atom stereocenters. The van der Waals surface area contributed by atoms with Gasteiger partial charge in [-0.1, -0.05) is 29.3 Å². The van der Waals surface area contributed by atoms with E-state index in [4.69, 9.17) is 16.3 Å². The van der Waals surface area contributed by atoms with Crippen LogP contribution in [0.25, 0.3) is 0 Å². The van der Waals surface area contributed by atoms with Gasteiger partial charge in [-0.05, 0) is 43.3 Å². The van der Waals surface area contributed by atoms with Crippen LogP contribution >= 0.6 is 11.6 Å². The number of halogens is 1. The van der Waals surface area contributed by atoms with Gasteiger partial charge >= 0.3 is 0 Å². The largest absolute Gasteiger partial charge is 0.497 e. The molecule has 0 radical (unpaired) electrons. The zero-order valence-corrected chi connectivity index (χ0v) is 11.1. The van der Waals surface area contributed by atoms with Gasteiger partial charge in [0.05, 0.1) is 12.8 Å². The molecule has 2 rings (SSSR count). The number of methoxy groups -OCH3 is 1. The van der Waals surface area contributed by atoms with Crippen LogP contribution in [0, 0.1) is 6.92 Å². The first kappa shape index (κ1) is 12.7. The summed E-state index contributed by atoms with van der Waals surface area (Å²) >= 11 is 6.19. The number of benzene rings is 2. The van der Waals surface area contributed by atoms with E-state index in [1.807, 2.05) is 55.5 Å². The maximum Gasteiger partial charge on any atom is 0.136 e. The Bertz CT molecular complexity index is 544. The van der Waals surface area contributed by atoms with Gasteiger partial charge in [0.2, 0.25) is 0 Å². The molecule has 0 aliphatic carbocycles. The Labute approximate surface area is 112 Å². The lowest BCUT2D eigenvalue weighted by Crippen LogP contribution is -1.91. The summed E-state index contributed by atoms with van der Waals surface area (Å²) in [4.78, 5) is 4.37. The summed E-state index contributed by atoms with van der Waals surface area (Å²) in [5, 5.41) is 0.474. The van der Waals surface area contributed by atoms with E-state index >= 15 is 0 Å². The van der Waals surface area contributed by atoms with Crippen molar-refractivity contribution in [1.29, 1.82) is 0 Å². The summed E-state index contributed by atoms with van der Waals surface area (Å²) < 4.78 is 5.10. The van der Waals surface area contributed by atoms with Gasteiger partial charge in [0.25, 0.3) is 0 Å². The Kier molecular flexibility index (Phi) is 4.00. The van der Waals surface area contributed by atoms with Crippen LogP contribution in [0.4, 0.5) is 5.69 Å². The van der Waals surface area contributed by atoms with E-state index in [2.05, 4.69) is 4.99 Å². The molecule has 3 heteroatoms. The average molecular weight is 260 g/mol. The molecule has 0 atom stereocenters. The van der Waals surface area contributed by atoms with Crippen LogP contribution in [0.5, 0.6) is 5.75 Å². The van der Waals surface area contributed by atoms with E-state index in [1.165, 1.54) is 5.56 Å².